The predicted molar refractivity (Wildman–Crippen MR) is 85.8 cm³/mol. The molecule has 1 rings (SSSR count). The van der Waals surface area contributed by atoms with Gasteiger partial charge in [0.05, 0.1) is 0 Å². The number of allylic oxidation sites excluding steroid dienone is 1. The standard InChI is InChI=1S/C17H30N2O2/c1-8-17(9-2)15(21)18-13(16(5,6)7)14(20)19(17)11-10-12(3)4/h10,13H,8-9,11H2,1-7H3,(H,18,21). The first kappa shape index (κ1) is 17.7. The van der Waals surface area contributed by atoms with Crippen molar-refractivity contribution in [2.75, 3.05) is 6.54 Å². The van der Waals surface area contributed by atoms with E-state index < -0.39 is 11.6 Å². The van der Waals surface area contributed by atoms with Crippen molar-refractivity contribution in [2.45, 2.75) is 72.9 Å². The molecule has 1 aliphatic heterocycles. The first-order valence-electron chi connectivity index (χ1n) is 7.86. The maximum atomic E-state index is 12.9. The van der Waals surface area contributed by atoms with Crippen LogP contribution in [0.2, 0.25) is 0 Å². The zero-order chi connectivity index (χ0) is 16.4. The summed E-state index contributed by atoms with van der Waals surface area (Å²) in [6, 6.07) is -0.457. The Labute approximate surface area is 129 Å². The molecule has 0 radical (unpaired) electrons. The molecular formula is C17H30N2O2. The van der Waals surface area contributed by atoms with Crippen LogP contribution in [0.4, 0.5) is 0 Å². The quantitative estimate of drug-likeness (QED) is 0.811. The molecule has 1 N–H and O–H groups in total. The summed E-state index contributed by atoms with van der Waals surface area (Å²) < 4.78 is 0. The molecule has 1 heterocycles. The topological polar surface area (TPSA) is 49.4 Å². The Morgan fingerprint density at radius 3 is 2.14 bits per heavy atom. The summed E-state index contributed by atoms with van der Waals surface area (Å²) in [5, 5.41) is 2.97. The molecule has 4 nitrogen and oxygen atoms in total. The minimum Gasteiger partial charge on any atom is -0.342 e. The fourth-order valence-electron chi connectivity index (χ4n) is 2.89. The highest BCUT2D eigenvalue weighted by atomic mass is 16.2. The fourth-order valence-corrected chi connectivity index (χ4v) is 2.89. The van der Waals surface area contributed by atoms with Gasteiger partial charge in [-0.15, -0.1) is 0 Å². The van der Waals surface area contributed by atoms with Gasteiger partial charge in [0, 0.05) is 6.54 Å². The van der Waals surface area contributed by atoms with Crippen molar-refractivity contribution >= 4 is 11.8 Å². The minimum absolute atomic E-state index is 0.0193. The number of carbonyl (C=O) groups is 2. The van der Waals surface area contributed by atoms with Crippen molar-refractivity contribution in [2.24, 2.45) is 5.41 Å². The van der Waals surface area contributed by atoms with Crippen molar-refractivity contribution in [3.63, 3.8) is 0 Å². The van der Waals surface area contributed by atoms with Crippen LogP contribution < -0.4 is 5.32 Å². The van der Waals surface area contributed by atoms with Gasteiger partial charge < -0.3 is 10.2 Å². The molecule has 1 atom stereocenters. The first-order chi connectivity index (χ1) is 9.60. The van der Waals surface area contributed by atoms with Crippen molar-refractivity contribution in [3.8, 4) is 0 Å². The smallest absolute Gasteiger partial charge is 0.246 e. The Balaban J connectivity index is 3.27. The van der Waals surface area contributed by atoms with Crippen LogP contribution >= 0.6 is 0 Å². The number of carbonyl (C=O) groups excluding carboxylic acids is 2. The van der Waals surface area contributed by atoms with E-state index in [1.165, 1.54) is 0 Å². The second kappa shape index (κ2) is 6.20. The van der Waals surface area contributed by atoms with Crippen LogP contribution in [0.25, 0.3) is 0 Å². The van der Waals surface area contributed by atoms with Crippen LogP contribution in [0.3, 0.4) is 0 Å². The number of rotatable bonds is 4. The molecule has 0 aromatic carbocycles. The molecule has 0 spiro atoms. The lowest BCUT2D eigenvalue weighted by Gasteiger charge is -2.50. The van der Waals surface area contributed by atoms with Gasteiger partial charge >= 0.3 is 0 Å². The average molecular weight is 294 g/mol. The van der Waals surface area contributed by atoms with Gasteiger partial charge in [0.2, 0.25) is 11.8 Å². The van der Waals surface area contributed by atoms with E-state index in [1.54, 1.807) is 4.90 Å². The summed E-state index contributed by atoms with van der Waals surface area (Å²) in [6.45, 7) is 14.4. The molecular weight excluding hydrogens is 264 g/mol. The van der Waals surface area contributed by atoms with Crippen LogP contribution in [-0.4, -0.2) is 34.8 Å². The third-order valence-corrected chi connectivity index (χ3v) is 4.45. The van der Waals surface area contributed by atoms with Gasteiger partial charge in [-0.2, -0.15) is 0 Å². The van der Waals surface area contributed by atoms with Crippen molar-refractivity contribution in [1.29, 1.82) is 0 Å². The number of piperazine rings is 1. The lowest BCUT2D eigenvalue weighted by Crippen LogP contribution is -2.72. The average Bonchev–Trinajstić information content (AvgIpc) is 2.37. The lowest BCUT2D eigenvalue weighted by molar-refractivity contribution is -0.160. The maximum Gasteiger partial charge on any atom is 0.246 e. The zero-order valence-corrected chi connectivity index (χ0v) is 14.5. The Morgan fingerprint density at radius 1 is 1.24 bits per heavy atom. The molecule has 0 aromatic heterocycles. The first-order valence-corrected chi connectivity index (χ1v) is 7.86. The Bertz CT molecular complexity index is 438. The monoisotopic (exact) mass is 294 g/mol. The maximum absolute atomic E-state index is 12.9. The number of hydrogen-bond donors (Lipinski definition) is 1. The van der Waals surface area contributed by atoms with Gasteiger partial charge in [-0.1, -0.05) is 46.3 Å². The van der Waals surface area contributed by atoms with E-state index >= 15 is 0 Å². The van der Waals surface area contributed by atoms with Gasteiger partial charge in [0.15, 0.2) is 0 Å². The Hall–Kier alpha value is -1.32. The number of nitrogens with zero attached hydrogens (tertiary/aromatic N) is 1. The van der Waals surface area contributed by atoms with Crippen molar-refractivity contribution in [1.82, 2.24) is 10.2 Å². The molecule has 0 saturated carbocycles. The van der Waals surface area contributed by atoms with Crippen LogP contribution in [0, 0.1) is 5.41 Å². The van der Waals surface area contributed by atoms with Gasteiger partial charge in [-0.3, -0.25) is 9.59 Å². The molecule has 0 bridgehead atoms. The van der Waals surface area contributed by atoms with E-state index in [1.807, 2.05) is 54.5 Å². The third kappa shape index (κ3) is 3.30. The van der Waals surface area contributed by atoms with Crippen LogP contribution in [0.1, 0.15) is 61.3 Å². The molecule has 21 heavy (non-hydrogen) atoms. The van der Waals surface area contributed by atoms with Gasteiger partial charge in [0.25, 0.3) is 0 Å². The van der Waals surface area contributed by atoms with Crippen molar-refractivity contribution in [3.05, 3.63) is 11.6 Å². The number of amides is 2. The summed E-state index contributed by atoms with van der Waals surface area (Å²) in [4.78, 5) is 27.4. The molecule has 1 fully saturated rings. The van der Waals surface area contributed by atoms with Crippen molar-refractivity contribution < 1.29 is 9.59 Å². The van der Waals surface area contributed by atoms with E-state index in [0.717, 1.165) is 5.57 Å². The molecule has 0 aromatic rings. The summed E-state index contributed by atoms with van der Waals surface area (Å²) in [5.74, 6) is 0.0116. The Kier molecular flexibility index (Phi) is 5.24. The minimum atomic E-state index is -0.717. The molecule has 4 heteroatoms. The summed E-state index contributed by atoms with van der Waals surface area (Å²) in [5.41, 5.74) is 0.149. The Morgan fingerprint density at radius 2 is 1.76 bits per heavy atom. The predicted octanol–water partition coefficient (Wildman–Crippen LogP) is 2.88. The fraction of sp³-hybridized carbons (Fsp3) is 0.765. The van der Waals surface area contributed by atoms with Crippen LogP contribution in [0.5, 0.6) is 0 Å². The number of hydrogen-bond acceptors (Lipinski definition) is 2. The van der Waals surface area contributed by atoms with E-state index in [-0.39, 0.29) is 17.2 Å². The summed E-state index contributed by atoms with van der Waals surface area (Å²) >= 11 is 0. The van der Waals surface area contributed by atoms with Gasteiger partial charge in [-0.25, -0.2) is 0 Å². The van der Waals surface area contributed by atoms with Crippen LogP contribution in [-0.2, 0) is 9.59 Å². The van der Waals surface area contributed by atoms with E-state index in [2.05, 4.69) is 5.32 Å². The summed E-state index contributed by atoms with van der Waals surface area (Å²) in [7, 11) is 0. The summed E-state index contributed by atoms with van der Waals surface area (Å²) in [6.07, 6.45) is 3.29. The third-order valence-electron chi connectivity index (χ3n) is 4.45. The highest BCUT2D eigenvalue weighted by Gasteiger charge is 2.52. The van der Waals surface area contributed by atoms with E-state index in [0.29, 0.717) is 19.4 Å². The molecule has 0 aliphatic carbocycles. The lowest BCUT2D eigenvalue weighted by atomic mass is 9.79. The SMILES string of the molecule is CCC1(CC)C(=O)NC(C(C)(C)C)C(=O)N1CC=C(C)C. The molecule has 2 amide bonds. The molecule has 1 saturated heterocycles. The van der Waals surface area contributed by atoms with Crippen LogP contribution in [0.15, 0.2) is 11.6 Å². The van der Waals surface area contributed by atoms with E-state index in [4.69, 9.17) is 0 Å². The highest BCUT2D eigenvalue weighted by molar-refractivity contribution is 6.00. The normalized spacial score (nSPS) is 22.0. The molecule has 1 aliphatic rings. The number of nitrogens with one attached hydrogen (secondary N) is 1. The molecule has 120 valence electrons. The zero-order valence-electron chi connectivity index (χ0n) is 14.5. The van der Waals surface area contributed by atoms with E-state index in [9.17, 15) is 9.59 Å². The molecule has 1 unspecified atom stereocenters. The largest absolute Gasteiger partial charge is 0.342 e. The second-order valence-corrected chi connectivity index (χ2v) is 7.24. The highest BCUT2D eigenvalue weighted by Crippen LogP contribution is 2.33. The van der Waals surface area contributed by atoms with Gasteiger partial charge in [-0.05, 0) is 32.1 Å². The van der Waals surface area contributed by atoms with Gasteiger partial charge in [0.1, 0.15) is 11.6 Å². The second-order valence-electron chi connectivity index (χ2n) is 7.24.